The van der Waals surface area contributed by atoms with E-state index in [4.69, 9.17) is 11.5 Å². The number of rotatable bonds is 13. The summed E-state index contributed by atoms with van der Waals surface area (Å²) < 4.78 is 0. The minimum absolute atomic E-state index is 0.0533. The molecular weight excluding hydrogens is 510 g/mol. The molecule has 0 aliphatic carbocycles. The molecule has 1 fully saturated rings. The van der Waals surface area contributed by atoms with Gasteiger partial charge in [0.1, 0.15) is 23.9 Å². The lowest BCUT2D eigenvalue weighted by molar-refractivity contribution is -0.145. The molecule has 0 radical (unpaired) electrons. The van der Waals surface area contributed by atoms with Crippen LogP contribution in [0.2, 0.25) is 0 Å². The Morgan fingerprint density at radius 1 is 1.10 bits per heavy atom. The Labute approximate surface area is 224 Å². The summed E-state index contributed by atoms with van der Waals surface area (Å²) in [7, 11) is 0. The third-order valence-corrected chi connectivity index (χ3v) is 6.45. The van der Waals surface area contributed by atoms with Crippen molar-refractivity contribution in [3.05, 3.63) is 48.0 Å². The van der Waals surface area contributed by atoms with Crippen molar-refractivity contribution in [1.29, 1.82) is 0 Å². The van der Waals surface area contributed by atoms with Gasteiger partial charge in [0.25, 0.3) is 0 Å². The molecule has 1 aromatic heterocycles. The zero-order chi connectivity index (χ0) is 28.5. The topological polar surface area (TPSA) is 234 Å². The number of phenolic OH excluding ortho intramolecular Hbond substituents is 1. The van der Waals surface area contributed by atoms with Gasteiger partial charge in [-0.1, -0.05) is 12.1 Å². The number of primary amides is 1. The highest BCUT2D eigenvalue weighted by Gasteiger charge is 2.39. The third-order valence-electron chi connectivity index (χ3n) is 6.45. The number of H-pyrrole nitrogens is 1. The Balaban J connectivity index is 1.72. The van der Waals surface area contributed by atoms with Crippen molar-refractivity contribution in [3.63, 3.8) is 0 Å². The van der Waals surface area contributed by atoms with Gasteiger partial charge in [-0.3, -0.25) is 19.2 Å². The Morgan fingerprint density at radius 3 is 2.44 bits per heavy atom. The summed E-state index contributed by atoms with van der Waals surface area (Å²) in [5, 5.41) is 24.0. The number of hydrogen-bond acceptors (Lipinski definition) is 8. The van der Waals surface area contributed by atoms with Gasteiger partial charge in [-0.05, 0) is 43.4 Å². The quantitative estimate of drug-likeness (QED) is 0.156. The Hall–Kier alpha value is -4.46. The molecule has 4 atom stereocenters. The number of nitrogens with two attached hydrogens (primary N) is 2. The molecule has 14 heteroatoms. The Bertz CT molecular complexity index is 1170. The maximum Gasteiger partial charge on any atom is 0.326 e. The van der Waals surface area contributed by atoms with Crippen LogP contribution >= 0.6 is 0 Å². The molecule has 2 aromatic rings. The van der Waals surface area contributed by atoms with Gasteiger partial charge in [0, 0.05) is 31.3 Å². The second-order valence-electron chi connectivity index (χ2n) is 9.41. The summed E-state index contributed by atoms with van der Waals surface area (Å²) in [4.78, 5) is 70.4. The monoisotopic (exact) mass is 543 g/mol. The number of likely N-dealkylation sites (tertiary alicyclic amines) is 1. The fourth-order valence-electron chi connectivity index (χ4n) is 4.39. The number of hydrogen-bond donors (Lipinski definition) is 7. The molecule has 1 aromatic carbocycles. The zero-order valence-electron chi connectivity index (χ0n) is 21.2. The van der Waals surface area contributed by atoms with Gasteiger partial charge in [0.15, 0.2) is 0 Å². The lowest BCUT2D eigenvalue weighted by Gasteiger charge is -2.30. The number of aliphatic carboxylic acids is 1. The van der Waals surface area contributed by atoms with Crippen LogP contribution in [0.25, 0.3) is 0 Å². The number of phenols is 1. The number of nitrogens with one attached hydrogen (secondary N) is 3. The SMILES string of the molecule is NC(=O)CCC(NC(=O)C1CCCN1C(=O)C(Cc1cnc[nH]1)NC(=O)C(N)Cc1ccc(O)cc1)C(=O)O. The van der Waals surface area contributed by atoms with E-state index < -0.39 is 53.8 Å². The van der Waals surface area contributed by atoms with Crippen molar-refractivity contribution in [2.75, 3.05) is 6.54 Å². The molecule has 4 unspecified atom stereocenters. The lowest BCUT2D eigenvalue weighted by atomic mass is 10.0. The van der Waals surface area contributed by atoms with E-state index >= 15 is 0 Å². The van der Waals surface area contributed by atoms with Crippen LogP contribution < -0.4 is 22.1 Å². The first-order valence-electron chi connectivity index (χ1n) is 12.5. The maximum atomic E-state index is 13.6. The molecule has 4 amide bonds. The van der Waals surface area contributed by atoms with Crippen LogP contribution in [0.1, 0.15) is 36.9 Å². The largest absolute Gasteiger partial charge is 0.508 e. The molecular formula is C25H33N7O7. The molecule has 0 bridgehead atoms. The predicted molar refractivity (Wildman–Crippen MR) is 137 cm³/mol. The normalized spacial score (nSPS) is 17.2. The summed E-state index contributed by atoms with van der Waals surface area (Å²) >= 11 is 0. The number of aromatic hydroxyl groups is 1. The van der Waals surface area contributed by atoms with Gasteiger partial charge >= 0.3 is 5.97 Å². The standard InChI is InChI=1S/C25H33N7O7/c26-17(10-14-3-5-16(33)6-4-14)22(35)31-19(11-15-12-28-13-29-15)24(37)32-9-1-2-20(32)23(36)30-18(25(38)39)7-8-21(27)34/h3-6,12-13,17-20,33H,1-2,7-11,26H2,(H2,27,34)(H,28,29)(H,30,36)(H,31,35)(H,38,39). The van der Waals surface area contributed by atoms with Crippen molar-refractivity contribution in [1.82, 2.24) is 25.5 Å². The van der Waals surface area contributed by atoms with E-state index in [0.29, 0.717) is 24.1 Å². The molecule has 210 valence electrons. The number of imidazole rings is 1. The number of nitrogens with zero attached hydrogens (tertiary/aromatic N) is 2. The number of aromatic amines is 1. The first-order chi connectivity index (χ1) is 18.5. The number of carboxylic acids is 1. The molecule has 9 N–H and O–H groups in total. The van der Waals surface area contributed by atoms with Crippen LogP contribution in [0.4, 0.5) is 0 Å². The number of carboxylic acid groups (broad SMARTS) is 1. The van der Waals surface area contributed by atoms with Crippen molar-refractivity contribution < 1.29 is 34.2 Å². The van der Waals surface area contributed by atoms with Gasteiger partial charge in [-0.25, -0.2) is 9.78 Å². The first-order valence-corrected chi connectivity index (χ1v) is 12.5. The Morgan fingerprint density at radius 2 is 1.82 bits per heavy atom. The molecule has 2 heterocycles. The molecule has 0 spiro atoms. The van der Waals surface area contributed by atoms with E-state index in [-0.39, 0.29) is 38.0 Å². The molecule has 14 nitrogen and oxygen atoms in total. The van der Waals surface area contributed by atoms with E-state index in [1.165, 1.54) is 29.6 Å². The minimum atomic E-state index is -1.35. The third kappa shape index (κ3) is 8.26. The molecule has 1 saturated heterocycles. The summed E-state index contributed by atoms with van der Waals surface area (Å²) in [6.07, 6.45) is 3.53. The van der Waals surface area contributed by atoms with E-state index in [9.17, 15) is 34.2 Å². The highest BCUT2D eigenvalue weighted by Crippen LogP contribution is 2.20. The van der Waals surface area contributed by atoms with Gasteiger partial charge in [-0.2, -0.15) is 0 Å². The summed E-state index contributed by atoms with van der Waals surface area (Å²) in [6, 6.07) is 1.85. The second-order valence-corrected chi connectivity index (χ2v) is 9.41. The molecule has 1 aliphatic heterocycles. The number of carbonyl (C=O) groups excluding carboxylic acids is 4. The lowest BCUT2D eigenvalue weighted by Crippen LogP contribution is -2.57. The van der Waals surface area contributed by atoms with Crippen molar-refractivity contribution >= 4 is 29.6 Å². The molecule has 0 saturated carbocycles. The van der Waals surface area contributed by atoms with Gasteiger partial charge < -0.3 is 42.2 Å². The number of benzene rings is 1. The molecule has 3 rings (SSSR count). The fourth-order valence-corrected chi connectivity index (χ4v) is 4.39. The average molecular weight is 544 g/mol. The van der Waals surface area contributed by atoms with E-state index in [1.807, 2.05) is 0 Å². The molecule has 1 aliphatic rings. The fraction of sp³-hybridized carbons (Fsp3) is 0.440. The zero-order valence-corrected chi connectivity index (χ0v) is 21.2. The predicted octanol–water partition coefficient (Wildman–Crippen LogP) is -1.46. The van der Waals surface area contributed by atoms with Gasteiger partial charge in [-0.15, -0.1) is 0 Å². The van der Waals surface area contributed by atoms with Crippen molar-refractivity contribution in [2.45, 2.75) is 62.7 Å². The summed E-state index contributed by atoms with van der Waals surface area (Å²) in [5.41, 5.74) is 12.5. The van der Waals surface area contributed by atoms with Crippen LogP contribution in [-0.2, 0) is 36.8 Å². The van der Waals surface area contributed by atoms with Crippen LogP contribution in [0.15, 0.2) is 36.8 Å². The highest BCUT2D eigenvalue weighted by molar-refractivity contribution is 5.94. The summed E-state index contributed by atoms with van der Waals surface area (Å²) in [6.45, 7) is 0.227. The van der Waals surface area contributed by atoms with E-state index in [1.54, 1.807) is 12.1 Å². The van der Waals surface area contributed by atoms with Gasteiger partial charge in [0.05, 0.1) is 12.4 Å². The van der Waals surface area contributed by atoms with Crippen molar-refractivity contribution in [3.8, 4) is 5.75 Å². The molecule has 39 heavy (non-hydrogen) atoms. The van der Waals surface area contributed by atoms with E-state index in [2.05, 4.69) is 20.6 Å². The van der Waals surface area contributed by atoms with Crippen LogP contribution in [0.5, 0.6) is 5.75 Å². The second kappa shape index (κ2) is 13.4. The smallest absolute Gasteiger partial charge is 0.326 e. The number of amides is 4. The number of carbonyl (C=O) groups is 5. The summed E-state index contributed by atoms with van der Waals surface area (Å²) in [5.74, 6) is -3.74. The van der Waals surface area contributed by atoms with Gasteiger partial charge in [0.2, 0.25) is 23.6 Å². The minimum Gasteiger partial charge on any atom is -0.508 e. The Kier molecular flexibility index (Phi) is 9.98. The van der Waals surface area contributed by atoms with E-state index in [0.717, 1.165) is 0 Å². The van der Waals surface area contributed by atoms with Crippen LogP contribution in [-0.4, -0.2) is 85.4 Å². The highest BCUT2D eigenvalue weighted by atomic mass is 16.4. The maximum absolute atomic E-state index is 13.6. The average Bonchev–Trinajstić information content (AvgIpc) is 3.59. The van der Waals surface area contributed by atoms with Crippen molar-refractivity contribution in [2.24, 2.45) is 11.5 Å². The first kappa shape index (κ1) is 29.1. The van der Waals surface area contributed by atoms with Crippen LogP contribution in [0.3, 0.4) is 0 Å². The van der Waals surface area contributed by atoms with Crippen LogP contribution in [0, 0.1) is 0 Å². The number of aromatic nitrogens is 2.